The Hall–Kier alpha value is -3.13. The molecule has 30 heavy (non-hydrogen) atoms. The van der Waals surface area contributed by atoms with Crippen LogP contribution >= 0.6 is 0 Å². The highest BCUT2D eigenvalue weighted by atomic mass is 16.5. The number of hydrogen-bond donors (Lipinski definition) is 2. The fourth-order valence-corrected chi connectivity index (χ4v) is 4.29. The smallest absolute Gasteiger partial charge is 0.227 e. The zero-order valence-corrected chi connectivity index (χ0v) is 17.1. The first-order valence-corrected chi connectivity index (χ1v) is 10.4. The van der Waals surface area contributed by atoms with Gasteiger partial charge in [-0.25, -0.2) is 4.98 Å². The van der Waals surface area contributed by atoms with Crippen molar-refractivity contribution in [2.75, 3.05) is 36.5 Å². The summed E-state index contributed by atoms with van der Waals surface area (Å²) < 4.78 is 5.55. The average Bonchev–Trinajstić information content (AvgIpc) is 3.22. The van der Waals surface area contributed by atoms with Crippen LogP contribution < -0.4 is 14.5 Å². The molecule has 0 bridgehead atoms. The number of hydrogen-bond acceptors (Lipinski definition) is 7. The van der Waals surface area contributed by atoms with Gasteiger partial charge in [0.05, 0.1) is 13.2 Å². The van der Waals surface area contributed by atoms with Gasteiger partial charge in [-0.15, -0.1) is 0 Å². The fraction of sp³-hybridized carbons (Fsp3) is 0.409. The molecule has 0 atom stereocenters. The van der Waals surface area contributed by atoms with Crippen molar-refractivity contribution in [1.82, 2.24) is 20.2 Å². The maximum atomic E-state index is 9.77. The Balaban J connectivity index is 1.41. The predicted molar refractivity (Wildman–Crippen MR) is 115 cm³/mol. The number of aliphatic hydroxyl groups excluding tert-OH is 1. The molecular weight excluding hydrogens is 380 g/mol. The van der Waals surface area contributed by atoms with E-state index in [1.165, 1.54) is 11.3 Å². The summed E-state index contributed by atoms with van der Waals surface area (Å²) in [6, 6.07) is 9.95. The number of nitrogens with one attached hydrogen (secondary N) is 1. The van der Waals surface area contributed by atoms with Gasteiger partial charge in [-0.05, 0) is 31.0 Å². The van der Waals surface area contributed by atoms with Crippen LogP contribution in [0.1, 0.15) is 24.1 Å². The number of ether oxygens (including phenoxy) is 1. The number of fused-ring (bicyclic) bond motifs is 1. The number of piperidine rings is 1. The monoisotopic (exact) mass is 406 g/mol. The largest absolute Gasteiger partial charge is 0.496 e. The number of H-pyrrole nitrogens is 1. The number of aromatic amines is 1. The first kappa shape index (κ1) is 18.9. The highest BCUT2D eigenvalue weighted by Gasteiger charge is 2.26. The standard InChI is InChI=1S/C22H26N6O2/c1-30-19-5-3-2-4-16(19)21-17-14-28(13-9-18(17)25-26-21)20-6-10-23-22(24-20)27-11-7-15(29)8-12-27/h2-6,10,15,29H,7-9,11-14H2,1H3,(H,25,26). The van der Waals surface area contributed by atoms with E-state index in [-0.39, 0.29) is 6.10 Å². The molecule has 156 valence electrons. The molecule has 0 spiro atoms. The number of aromatic nitrogens is 4. The molecule has 0 aliphatic carbocycles. The molecule has 5 rings (SSSR count). The van der Waals surface area contributed by atoms with Crippen LogP contribution in [-0.4, -0.2) is 58.1 Å². The third kappa shape index (κ3) is 3.47. The molecule has 2 N–H and O–H groups in total. The summed E-state index contributed by atoms with van der Waals surface area (Å²) in [6.45, 7) is 3.17. The van der Waals surface area contributed by atoms with E-state index in [9.17, 15) is 5.11 Å². The van der Waals surface area contributed by atoms with Crippen molar-refractivity contribution in [2.45, 2.75) is 31.9 Å². The van der Waals surface area contributed by atoms with Crippen LogP contribution in [0.4, 0.5) is 11.8 Å². The van der Waals surface area contributed by atoms with Gasteiger partial charge in [0.2, 0.25) is 5.95 Å². The minimum absolute atomic E-state index is 0.209. The predicted octanol–water partition coefficient (Wildman–Crippen LogP) is 2.40. The molecule has 0 amide bonds. The third-order valence-corrected chi connectivity index (χ3v) is 6.00. The molecule has 1 saturated heterocycles. The maximum absolute atomic E-state index is 9.77. The number of anilines is 2. The van der Waals surface area contributed by atoms with Gasteiger partial charge in [0.25, 0.3) is 0 Å². The Morgan fingerprint density at radius 2 is 1.93 bits per heavy atom. The van der Waals surface area contributed by atoms with Crippen molar-refractivity contribution < 1.29 is 9.84 Å². The molecule has 4 heterocycles. The third-order valence-electron chi connectivity index (χ3n) is 6.00. The zero-order chi connectivity index (χ0) is 20.5. The van der Waals surface area contributed by atoms with E-state index in [2.05, 4.69) is 25.0 Å². The number of benzene rings is 1. The fourth-order valence-electron chi connectivity index (χ4n) is 4.29. The summed E-state index contributed by atoms with van der Waals surface area (Å²) in [6.07, 6.45) is 4.02. The molecule has 3 aromatic rings. The lowest BCUT2D eigenvalue weighted by molar-refractivity contribution is 0.145. The molecule has 0 saturated carbocycles. The summed E-state index contributed by atoms with van der Waals surface area (Å²) in [5.41, 5.74) is 4.29. The van der Waals surface area contributed by atoms with Crippen LogP contribution in [0.2, 0.25) is 0 Å². The van der Waals surface area contributed by atoms with Gasteiger partial charge < -0.3 is 19.6 Å². The number of aliphatic hydroxyl groups is 1. The molecule has 2 aliphatic rings. The van der Waals surface area contributed by atoms with E-state index in [1.54, 1.807) is 7.11 Å². The minimum atomic E-state index is -0.209. The summed E-state index contributed by atoms with van der Waals surface area (Å²) in [5.74, 6) is 2.48. The van der Waals surface area contributed by atoms with Crippen molar-refractivity contribution in [3.63, 3.8) is 0 Å². The second-order valence-corrected chi connectivity index (χ2v) is 7.83. The number of rotatable bonds is 4. The quantitative estimate of drug-likeness (QED) is 0.688. The van der Waals surface area contributed by atoms with Crippen molar-refractivity contribution in [2.24, 2.45) is 0 Å². The summed E-state index contributed by atoms with van der Waals surface area (Å²) in [4.78, 5) is 13.8. The van der Waals surface area contributed by atoms with Crippen LogP contribution in [-0.2, 0) is 13.0 Å². The first-order chi connectivity index (χ1) is 14.7. The minimum Gasteiger partial charge on any atom is -0.496 e. The topological polar surface area (TPSA) is 90.4 Å². The molecule has 0 unspecified atom stereocenters. The van der Waals surface area contributed by atoms with E-state index >= 15 is 0 Å². The van der Waals surface area contributed by atoms with Gasteiger partial charge >= 0.3 is 0 Å². The Kier molecular flexibility index (Phi) is 5.00. The number of methoxy groups -OCH3 is 1. The Morgan fingerprint density at radius 3 is 2.77 bits per heavy atom. The average molecular weight is 406 g/mol. The molecule has 8 nitrogen and oxygen atoms in total. The molecule has 8 heteroatoms. The highest BCUT2D eigenvalue weighted by molar-refractivity contribution is 5.71. The Morgan fingerprint density at radius 1 is 1.10 bits per heavy atom. The van der Waals surface area contributed by atoms with E-state index in [0.717, 1.165) is 74.2 Å². The van der Waals surface area contributed by atoms with E-state index in [1.807, 2.05) is 36.5 Å². The molecule has 2 aromatic heterocycles. The second-order valence-electron chi connectivity index (χ2n) is 7.83. The summed E-state index contributed by atoms with van der Waals surface area (Å²) >= 11 is 0. The zero-order valence-electron chi connectivity index (χ0n) is 17.1. The first-order valence-electron chi connectivity index (χ1n) is 10.4. The van der Waals surface area contributed by atoms with Crippen LogP contribution in [0.5, 0.6) is 5.75 Å². The van der Waals surface area contributed by atoms with Crippen molar-refractivity contribution >= 4 is 11.8 Å². The van der Waals surface area contributed by atoms with Gasteiger partial charge in [-0.2, -0.15) is 10.1 Å². The van der Waals surface area contributed by atoms with Gasteiger partial charge in [-0.3, -0.25) is 5.10 Å². The number of nitrogens with zero attached hydrogens (tertiary/aromatic N) is 5. The van der Waals surface area contributed by atoms with E-state index < -0.39 is 0 Å². The highest BCUT2D eigenvalue weighted by Crippen LogP contribution is 2.35. The van der Waals surface area contributed by atoms with E-state index in [0.29, 0.717) is 0 Å². The molecule has 1 aromatic carbocycles. The summed E-state index contributed by atoms with van der Waals surface area (Å²) in [7, 11) is 1.69. The van der Waals surface area contributed by atoms with Gasteiger partial charge in [0, 0.05) is 55.6 Å². The van der Waals surface area contributed by atoms with Crippen LogP contribution in [0.3, 0.4) is 0 Å². The second kappa shape index (κ2) is 7.95. The van der Waals surface area contributed by atoms with Crippen LogP contribution in [0, 0.1) is 0 Å². The normalized spacial score (nSPS) is 17.1. The molecular formula is C22H26N6O2. The van der Waals surface area contributed by atoms with Crippen molar-refractivity contribution in [3.8, 4) is 17.0 Å². The van der Waals surface area contributed by atoms with E-state index in [4.69, 9.17) is 9.72 Å². The molecule has 2 aliphatic heterocycles. The van der Waals surface area contributed by atoms with Crippen molar-refractivity contribution in [1.29, 1.82) is 0 Å². The van der Waals surface area contributed by atoms with Crippen LogP contribution in [0.25, 0.3) is 11.3 Å². The summed E-state index contributed by atoms with van der Waals surface area (Å²) in [5, 5.41) is 17.6. The lowest BCUT2D eigenvalue weighted by atomic mass is 10.0. The van der Waals surface area contributed by atoms with Crippen molar-refractivity contribution in [3.05, 3.63) is 47.8 Å². The number of para-hydroxylation sites is 1. The maximum Gasteiger partial charge on any atom is 0.227 e. The van der Waals surface area contributed by atoms with Gasteiger partial charge in [0.1, 0.15) is 17.3 Å². The van der Waals surface area contributed by atoms with Gasteiger partial charge in [-0.1, -0.05) is 12.1 Å². The molecule has 0 radical (unpaired) electrons. The Bertz CT molecular complexity index is 1030. The molecule has 1 fully saturated rings. The Labute approximate surface area is 175 Å². The lowest BCUT2D eigenvalue weighted by Gasteiger charge is -2.31. The lowest BCUT2D eigenvalue weighted by Crippen LogP contribution is -2.37. The SMILES string of the molecule is COc1ccccc1-c1n[nH]c2c1CN(c1ccnc(N3CCC(O)CC3)n1)CC2. The van der Waals surface area contributed by atoms with Crippen LogP contribution in [0.15, 0.2) is 36.5 Å². The van der Waals surface area contributed by atoms with Gasteiger partial charge in [0.15, 0.2) is 0 Å².